The van der Waals surface area contributed by atoms with Crippen LogP contribution in [0, 0.1) is 11.8 Å². The third kappa shape index (κ3) is 7.19. The SMILES string of the molecule is CC(C)[C@H](CC(=O)OC(C)(C)C)C(=O)OCOC(=O)N(C)[C@]1(c2ccccc2Cl)CCCCC1=O. The van der Waals surface area contributed by atoms with Crippen LogP contribution in [0.15, 0.2) is 24.3 Å². The van der Waals surface area contributed by atoms with Gasteiger partial charge >= 0.3 is 18.0 Å². The van der Waals surface area contributed by atoms with E-state index in [4.69, 9.17) is 25.8 Å². The Hall–Kier alpha value is -2.61. The lowest BCUT2D eigenvalue weighted by atomic mass is 9.74. The fourth-order valence-electron chi connectivity index (χ4n) is 4.28. The number of hydrogen-bond acceptors (Lipinski definition) is 7. The Morgan fingerprint density at radius 3 is 2.34 bits per heavy atom. The lowest BCUT2D eigenvalue weighted by Crippen LogP contribution is -2.54. The first-order valence-corrected chi connectivity index (χ1v) is 12.2. The van der Waals surface area contributed by atoms with Crippen LogP contribution in [0.2, 0.25) is 5.02 Å². The van der Waals surface area contributed by atoms with Gasteiger partial charge in [-0.3, -0.25) is 19.3 Å². The zero-order valence-electron chi connectivity index (χ0n) is 21.4. The van der Waals surface area contributed by atoms with Gasteiger partial charge < -0.3 is 14.2 Å². The first-order chi connectivity index (χ1) is 16.3. The number of esters is 2. The van der Waals surface area contributed by atoms with Gasteiger partial charge in [0.15, 0.2) is 5.78 Å². The van der Waals surface area contributed by atoms with Crippen LogP contribution >= 0.6 is 11.6 Å². The van der Waals surface area contributed by atoms with E-state index >= 15 is 0 Å². The smallest absolute Gasteiger partial charge is 0.413 e. The van der Waals surface area contributed by atoms with Gasteiger partial charge in [0.25, 0.3) is 0 Å². The van der Waals surface area contributed by atoms with E-state index in [-0.39, 0.29) is 18.1 Å². The van der Waals surface area contributed by atoms with Gasteiger partial charge in [-0.25, -0.2) is 4.79 Å². The van der Waals surface area contributed by atoms with E-state index in [9.17, 15) is 19.2 Å². The molecule has 0 unspecified atom stereocenters. The number of halogens is 1. The lowest BCUT2D eigenvalue weighted by Gasteiger charge is -2.43. The van der Waals surface area contributed by atoms with Crippen LogP contribution in [-0.4, -0.2) is 48.2 Å². The molecule has 1 aromatic rings. The number of carbonyl (C=O) groups is 4. The molecular formula is C26H36ClNO7. The minimum atomic E-state index is -1.26. The van der Waals surface area contributed by atoms with E-state index in [0.29, 0.717) is 23.4 Å². The zero-order chi connectivity index (χ0) is 26.4. The molecule has 1 aromatic carbocycles. The Kier molecular flexibility index (Phi) is 9.72. The molecule has 0 heterocycles. The Bertz CT molecular complexity index is 940. The average Bonchev–Trinajstić information content (AvgIpc) is 2.76. The van der Waals surface area contributed by atoms with Crippen molar-refractivity contribution in [1.29, 1.82) is 0 Å². The summed E-state index contributed by atoms with van der Waals surface area (Å²) >= 11 is 6.41. The molecule has 1 aliphatic carbocycles. The van der Waals surface area contributed by atoms with E-state index in [0.717, 1.165) is 12.8 Å². The molecule has 0 radical (unpaired) electrons. The van der Waals surface area contributed by atoms with E-state index in [1.54, 1.807) is 58.9 Å². The third-order valence-electron chi connectivity index (χ3n) is 6.12. The Labute approximate surface area is 212 Å². The molecule has 0 N–H and O–H groups in total. The van der Waals surface area contributed by atoms with Gasteiger partial charge in [-0.15, -0.1) is 0 Å². The zero-order valence-corrected chi connectivity index (χ0v) is 22.1. The fourth-order valence-corrected chi connectivity index (χ4v) is 4.57. The number of ketones is 1. The summed E-state index contributed by atoms with van der Waals surface area (Å²) in [5, 5.41) is 0.385. The molecule has 1 fully saturated rings. The van der Waals surface area contributed by atoms with Gasteiger partial charge in [0.1, 0.15) is 11.1 Å². The van der Waals surface area contributed by atoms with Crippen molar-refractivity contribution < 1.29 is 33.4 Å². The Morgan fingerprint density at radius 1 is 1.11 bits per heavy atom. The van der Waals surface area contributed by atoms with Crippen LogP contribution in [0.25, 0.3) is 0 Å². The molecule has 0 aromatic heterocycles. The van der Waals surface area contributed by atoms with Crippen molar-refractivity contribution >= 4 is 35.4 Å². The minimum absolute atomic E-state index is 0.120. The van der Waals surface area contributed by atoms with Crippen LogP contribution in [0.3, 0.4) is 0 Å². The second kappa shape index (κ2) is 11.9. The highest BCUT2D eigenvalue weighted by Crippen LogP contribution is 2.42. The summed E-state index contributed by atoms with van der Waals surface area (Å²) in [6, 6.07) is 6.94. The number of amides is 1. The van der Waals surface area contributed by atoms with Gasteiger partial charge in [-0.2, -0.15) is 0 Å². The van der Waals surface area contributed by atoms with E-state index < -0.39 is 41.9 Å². The first-order valence-electron chi connectivity index (χ1n) is 11.9. The summed E-state index contributed by atoms with van der Waals surface area (Å²) < 4.78 is 15.7. The molecule has 1 amide bonds. The molecule has 194 valence electrons. The molecule has 9 heteroatoms. The quantitative estimate of drug-likeness (QED) is 0.348. The maximum Gasteiger partial charge on any atom is 0.413 e. The number of hydrogen-bond donors (Lipinski definition) is 0. The van der Waals surface area contributed by atoms with Crippen molar-refractivity contribution in [3.63, 3.8) is 0 Å². The molecule has 35 heavy (non-hydrogen) atoms. The molecule has 0 spiro atoms. The summed E-state index contributed by atoms with van der Waals surface area (Å²) in [4.78, 5) is 52.1. The van der Waals surface area contributed by atoms with Gasteiger partial charge in [0, 0.05) is 24.1 Å². The number of likely N-dealkylation sites (N-methyl/N-ethyl adjacent to an activating group) is 1. The maximum atomic E-state index is 13.1. The number of benzene rings is 1. The van der Waals surface area contributed by atoms with Crippen molar-refractivity contribution in [2.24, 2.45) is 11.8 Å². The second-order valence-electron chi connectivity index (χ2n) is 10.2. The van der Waals surface area contributed by atoms with Crippen molar-refractivity contribution in [3.8, 4) is 0 Å². The Morgan fingerprint density at radius 2 is 1.77 bits per heavy atom. The normalized spacial score (nSPS) is 19.1. The summed E-state index contributed by atoms with van der Waals surface area (Å²) in [5.74, 6) is -2.25. The second-order valence-corrected chi connectivity index (χ2v) is 10.6. The highest BCUT2D eigenvalue weighted by Gasteiger charge is 2.48. The number of nitrogens with zero attached hydrogens (tertiary/aromatic N) is 1. The fraction of sp³-hybridized carbons (Fsp3) is 0.615. The lowest BCUT2D eigenvalue weighted by molar-refractivity contribution is -0.167. The van der Waals surface area contributed by atoms with Gasteiger partial charge in [-0.05, 0) is 52.0 Å². The summed E-state index contributed by atoms with van der Waals surface area (Å²) in [6.45, 7) is 8.17. The van der Waals surface area contributed by atoms with Gasteiger partial charge in [-0.1, -0.05) is 43.6 Å². The predicted octanol–water partition coefficient (Wildman–Crippen LogP) is 5.25. The Balaban J connectivity index is 2.07. The van der Waals surface area contributed by atoms with Crippen LogP contribution < -0.4 is 0 Å². The van der Waals surface area contributed by atoms with Crippen LogP contribution in [0.4, 0.5) is 4.79 Å². The molecule has 2 atom stereocenters. The largest absolute Gasteiger partial charge is 0.460 e. The van der Waals surface area contributed by atoms with Crippen molar-refractivity contribution in [2.45, 2.75) is 77.9 Å². The molecule has 0 saturated heterocycles. The highest BCUT2D eigenvalue weighted by molar-refractivity contribution is 6.31. The third-order valence-corrected chi connectivity index (χ3v) is 6.45. The number of ether oxygens (including phenoxy) is 3. The summed E-state index contributed by atoms with van der Waals surface area (Å²) in [6.07, 6.45) is 1.24. The van der Waals surface area contributed by atoms with Crippen LogP contribution in [0.5, 0.6) is 0 Å². The highest BCUT2D eigenvalue weighted by atomic mass is 35.5. The van der Waals surface area contributed by atoms with Crippen molar-refractivity contribution in [1.82, 2.24) is 4.90 Å². The summed E-state index contributed by atoms with van der Waals surface area (Å²) in [5.41, 5.74) is -1.38. The van der Waals surface area contributed by atoms with Crippen molar-refractivity contribution in [3.05, 3.63) is 34.9 Å². The number of carbonyl (C=O) groups excluding carboxylic acids is 4. The van der Waals surface area contributed by atoms with Gasteiger partial charge in [0.2, 0.25) is 6.79 Å². The average molecular weight is 510 g/mol. The van der Waals surface area contributed by atoms with Crippen LogP contribution in [-0.2, 0) is 34.1 Å². The minimum Gasteiger partial charge on any atom is -0.460 e. The predicted molar refractivity (Wildman–Crippen MR) is 131 cm³/mol. The van der Waals surface area contributed by atoms with E-state index in [1.807, 2.05) is 0 Å². The van der Waals surface area contributed by atoms with Crippen LogP contribution in [0.1, 0.15) is 72.3 Å². The monoisotopic (exact) mass is 509 g/mol. The number of rotatable bonds is 8. The molecule has 1 saturated carbocycles. The molecule has 8 nitrogen and oxygen atoms in total. The first kappa shape index (κ1) is 28.6. The standard InChI is InChI=1S/C26H36ClNO7/c1-17(2)18(15-22(30)35-25(3,4)5)23(31)33-16-34-24(32)28(6)26(14-10-9-13-21(26)29)19-11-7-8-12-20(19)27/h7-8,11-12,17-18H,9-10,13-16H2,1-6H3/t18-,26-/m0/s1. The maximum absolute atomic E-state index is 13.1. The molecule has 0 aliphatic heterocycles. The molecule has 0 bridgehead atoms. The molecule has 1 aliphatic rings. The van der Waals surface area contributed by atoms with Gasteiger partial charge in [0.05, 0.1) is 12.3 Å². The van der Waals surface area contributed by atoms with Crippen molar-refractivity contribution in [2.75, 3.05) is 13.8 Å². The summed E-state index contributed by atoms with van der Waals surface area (Å²) in [7, 11) is 1.48. The number of Topliss-reactive ketones (excluding diaryl/α,β-unsaturated/α-hetero) is 1. The van der Waals surface area contributed by atoms with E-state index in [1.165, 1.54) is 11.9 Å². The molecule has 2 rings (SSSR count). The molecular weight excluding hydrogens is 474 g/mol. The topological polar surface area (TPSA) is 99.2 Å². The van der Waals surface area contributed by atoms with E-state index in [2.05, 4.69) is 0 Å².